The van der Waals surface area contributed by atoms with Crippen molar-refractivity contribution in [1.29, 1.82) is 0 Å². The number of benzene rings is 1. The lowest BCUT2D eigenvalue weighted by Gasteiger charge is -2.39. The first kappa shape index (κ1) is 16.2. The first-order valence-corrected chi connectivity index (χ1v) is 6.05. The van der Waals surface area contributed by atoms with Crippen LogP contribution in [0.5, 0.6) is 0 Å². The van der Waals surface area contributed by atoms with Crippen LogP contribution in [0.2, 0.25) is 0 Å². The molecule has 1 aromatic rings. The predicted molar refractivity (Wildman–Crippen MR) is 73.7 cm³/mol. The minimum Gasteiger partial charge on any atom is -0.769 e. The summed E-state index contributed by atoms with van der Waals surface area (Å²) in [5.74, 6) is -0.509. The maximum absolute atomic E-state index is 12.0. The molecule has 0 aliphatic rings. The molecule has 0 bridgehead atoms. The summed E-state index contributed by atoms with van der Waals surface area (Å²) in [5, 5.41) is 41.8. The van der Waals surface area contributed by atoms with Crippen LogP contribution in [0.25, 0.3) is 0 Å². The number of amides is 1. The van der Waals surface area contributed by atoms with E-state index in [0.717, 1.165) is 6.07 Å². The molecule has 8 heteroatoms. The molecule has 3 N–H and O–H groups in total. The minimum absolute atomic E-state index is 0.00861. The zero-order chi connectivity index (χ0) is 15.4. The Labute approximate surface area is 116 Å². The van der Waals surface area contributed by atoms with E-state index in [1.807, 2.05) is 6.92 Å². The second kappa shape index (κ2) is 6.53. The lowest BCUT2D eigenvalue weighted by molar-refractivity contribution is 0.0288. The maximum atomic E-state index is 12.0. The predicted octanol–water partition coefficient (Wildman–Crippen LogP) is 1.91. The van der Waals surface area contributed by atoms with Gasteiger partial charge in [-0.3, -0.25) is 15.2 Å². The van der Waals surface area contributed by atoms with Crippen LogP contribution in [-0.4, -0.2) is 22.4 Å². The zero-order valence-corrected chi connectivity index (χ0v) is 11.5. The van der Waals surface area contributed by atoms with Crippen LogP contribution in [0, 0.1) is 17.3 Å². The molecule has 0 aliphatic heterocycles. The summed E-state index contributed by atoms with van der Waals surface area (Å²) in [6.07, 6.45) is 0.707. The van der Waals surface area contributed by atoms with E-state index >= 15 is 0 Å². The molecule has 112 valence electrons. The highest BCUT2D eigenvalue weighted by Gasteiger charge is 2.15. The normalized spacial score (nSPS) is 11.9. The van der Waals surface area contributed by atoms with Crippen LogP contribution < -0.4 is 15.8 Å². The molecule has 0 aromatic heterocycles. The van der Waals surface area contributed by atoms with Crippen molar-refractivity contribution in [1.82, 2.24) is 5.32 Å². The van der Waals surface area contributed by atoms with Gasteiger partial charge in [-0.2, -0.15) is 0 Å². The van der Waals surface area contributed by atoms with E-state index in [1.54, 1.807) is 6.92 Å². The van der Waals surface area contributed by atoms with Gasteiger partial charge in [-0.25, -0.2) is 0 Å². The Balaban J connectivity index is 3.24. The number of nitrogens with one attached hydrogen (secondary N) is 1. The number of nitrogens with zero attached hydrogens (tertiary/aromatic N) is 2. The summed E-state index contributed by atoms with van der Waals surface area (Å²) in [7, 11) is 0. The molecular weight excluding hydrogens is 266 g/mol. The fourth-order valence-electron chi connectivity index (χ4n) is 1.62. The number of hydrogen-bond acceptors (Lipinski definition) is 7. The van der Waals surface area contributed by atoms with Gasteiger partial charge in [0.1, 0.15) is 0 Å². The Morgan fingerprint density at radius 2 is 1.90 bits per heavy atom. The molecule has 1 aromatic carbocycles. The van der Waals surface area contributed by atoms with Gasteiger partial charge in [0.2, 0.25) is 0 Å². The van der Waals surface area contributed by atoms with Crippen LogP contribution in [-0.2, 0) is 0 Å². The van der Waals surface area contributed by atoms with Gasteiger partial charge in [0.25, 0.3) is 5.91 Å². The Morgan fingerprint density at radius 1 is 1.35 bits per heavy atom. The van der Waals surface area contributed by atoms with Gasteiger partial charge in [0.15, 0.2) is 0 Å². The van der Waals surface area contributed by atoms with Crippen LogP contribution in [0.1, 0.15) is 36.2 Å². The topological polar surface area (TPSA) is 122 Å². The monoisotopic (exact) mass is 283 g/mol. The quantitative estimate of drug-likeness (QED) is 0.705. The van der Waals surface area contributed by atoms with Crippen molar-refractivity contribution < 1.29 is 15.2 Å². The highest BCUT2D eigenvalue weighted by Crippen LogP contribution is 2.29. The zero-order valence-electron chi connectivity index (χ0n) is 11.5. The molecular formula is C12H17N3O5-2. The third-order valence-electron chi connectivity index (χ3n) is 3.02. The van der Waals surface area contributed by atoms with Crippen molar-refractivity contribution in [3.8, 4) is 0 Å². The Hall–Kier alpha value is -1.87. The number of rotatable bonds is 5. The Bertz CT molecular complexity index is 461. The first-order chi connectivity index (χ1) is 9.27. The molecule has 8 nitrogen and oxygen atoms in total. The smallest absolute Gasteiger partial charge is 0.251 e. The lowest BCUT2D eigenvalue weighted by atomic mass is 10.1. The van der Waals surface area contributed by atoms with Gasteiger partial charge in [0.05, 0.1) is 5.69 Å². The van der Waals surface area contributed by atoms with E-state index in [0.29, 0.717) is 6.42 Å². The molecule has 0 aliphatic carbocycles. The standard InChI is InChI=1S/C12H17N3O5/c1-4-7(2)13-12(16)9-5-10(14(17)18)8(3)11(6-9)15(19)20/h5-7,17-18H,4H2,1-3H3,(H,13,16)/q-2/t7-/m0/s1. The maximum Gasteiger partial charge on any atom is 0.251 e. The molecule has 20 heavy (non-hydrogen) atoms. The summed E-state index contributed by atoms with van der Waals surface area (Å²) in [4.78, 5) is 12.0. The van der Waals surface area contributed by atoms with Crippen LogP contribution in [0.3, 0.4) is 0 Å². The number of anilines is 2. The van der Waals surface area contributed by atoms with Gasteiger partial charge < -0.3 is 21.0 Å². The average molecular weight is 283 g/mol. The number of carbonyl (C=O) groups excluding carboxylic acids is 1. The lowest BCUT2D eigenvalue weighted by Crippen LogP contribution is -2.32. The largest absolute Gasteiger partial charge is 0.769 e. The second-order valence-corrected chi connectivity index (χ2v) is 4.47. The SMILES string of the molecule is CC[C@H](C)NC(=O)c1cc(N([O-])[O-])c(C)c(N(O)O)c1. The van der Waals surface area contributed by atoms with E-state index in [2.05, 4.69) is 5.32 Å². The van der Waals surface area contributed by atoms with E-state index in [-0.39, 0.29) is 33.8 Å². The third kappa shape index (κ3) is 3.58. The molecule has 0 saturated carbocycles. The second-order valence-electron chi connectivity index (χ2n) is 4.47. The summed E-state index contributed by atoms with van der Waals surface area (Å²) in [6, 6.07) is 2.20. The molecule has 0 spiro atoms. The van der Waals surface area contributed by atoms with Crippen molar-refractivity contribution in [3.05, 3.63) is 33.7 Å². The molecule has 0 saturated heterocycles. The molecule has 0 fully saturated rings. The summed E-state index contributed by atoms with van der Waals surface area (Å²) >= 11 is 0. The number of hydrogen-bond donors (Lipinski definition) is 3. The Morgan fingerprint density at radius 3 is 2.35 bits per heavy atom. The van der Waals surface area contributed by atoms with E-state index < -0.39 is 11.1 Å². The van der Waals surface area contributed by atoms with Gasteiger partial charge in [-0.1, -0.05) is 6.92 Å². The van der Waals surface area contributed by atoms with Crippen LogP contribution >= 0.6 is 0 Å². The summed E-state index contributed by atoms with van der Waals surface area (Å²) < 4.78 is 0. The molecule has 0 heterocycles. The van der Waals surface area contributed by atoms with Crippen molar-refractivity contribution in [3.63, 3.8) is 0 Å². The number of carbonyl (C=O) groups is 1. The van der Waals surface area contributed by atoms with Gasteiger partial charge >= 0.3 is 0 Å². The first-order valence-electron chi connectivity index (χ1n) is 6.05. The minimum atomic E-state index is -0.678. The van der Waals surface area contributed by atoms with Crippen LogP contribution in [0.15, 0.2) is 12.1 Å². The van der Waals surface area contributed by atoms with Gasteiger partial charge in [-0.15, -0.1) is 5.23 Å². The van der Waals surface area contributed by atoms with Crippen molar-refractivity contribution in [2.75, 3.05) is 10.5 Å². The molecule has 1 atom stereocenters. The summed E-state index contributed by atoms with van der Waals surface area (Å²) in [6.45, 7) is 5.05. The highest BCUT2D eigenvalue weighted by molar-refractivity contribution is 5.97. The van der Waals surface area contributed by atoms with Crippen molar-refractivity contribution in [2.24, 2.45) is 0 Å². The Kier molecular flexibility index (Phi) is 5.28. The molecule has 1 amide bonds. The highest BCUT2D eigenvalue weighted by atomic mass is 16.8. The average Bonchev–Trinajstić information content (AvgIpc) is 2.37. The molecule has 1 rings (SSSR count). The van der Waals surface area contributed by atoms with Gasteiger partial charge in [-0.05, 0) is 38.0 Å². The van der Waals surface area contributed by atoms with Crippen molar-refractivity contribution in [2.45, 2.75) is 33.2 Å². The fourth-order valence-corrected chi connectivity index (χ4v) is 1.62. The van der Waals surface area contributed by atoms with E-state index in [1.165, 1.54) is 13.0 Å². The van der Waals surface area contributed by atoms with E-state index in [4.69, 9.17) is 10.4 Å². The van der Waals surface area contributed by atoms with Gasteiger partial charge in [0, 0.05) is 17.3 Å². The summed E-state index contributed by atoms with van der Waals surface area (Å²) in [5.41, 5.74) is -0.524. The van der Waals surface area contributed by atoms with Crippen LogP contribution in [0.4, 0.5) is 11.4 Å². The fraction of sp³-hybridized carbons (Fsp3) is 0.417. The molecule has 0 unspecified atom stereocenters. The van der Waals surface area contributed by atoms with Crippen molar-refractivity contribution >= 4 is 17.3 Å². The third-order valence-corrected chi connectivity index (χ3v) is 3.02. The molecule has 0 radical (unpaired) electrons. The van der Waals surface area contributed by atoms with E-state index in [9.17, 15) is 15.2 Å².